The second kappa shape index (κ2) is 8.26. The fraction of sp³-hybridized carbons (Fsp3) is 0.467. The molecule has 5 N–H and O–H groups in total. The van der Waals surface area contributed by atoms with Crippen molar-refractivity contribution >= 4 is 11.8 Å². The van der Waals surface area contributed by atoms with Gasteiger partial charge in [0, 0.05) is 19.0 Å². The van der Waals surface area contributed by atoms with Crippen LogP contribution in [0.25, 0.3) is 0 Å². The van der Waals surface area contributed by atoms with Crippen LogP contribution in [-0.4, -0.2) is 36.1 Å². The summed E-state index contributed by atoms with van der Waals surface area (Å²) in [5.74, 6) is -0.199. The normalized spacial score (nSPS) is 12.0. The smallest absolute Gasteiger partial charge is 0.237 e. The van der Waals surface area contributed by atoms with Gasteiger partial charge in [0.25, 0.3) is 0 Å². The second-order valence-electron chi connectivity index (χ2n) is 5.21. The van der Waals surface area contributed by atoms with Gasteiger partial charge in [-0.15, -0.1) is 0 Å². The second-order valence-corrected chi connectivity index (χ2v) is 5.21. The van der Waals surface area contributed by atoms with Crippen molar-refractivity contribution in [3.63, 3.8) is 0 Å². The number of phenols is 1. The van der Waals surface area contributed by atoms with E-state index in [1.54, 1.807) is 24.3 Å². The number of aromatic hydroxyl groups is 1. The SMILES string of the molecule is CC(C)C(=O)NCCNC(=O)[C@H](N)Cc1ccc(O)cc1. The Morgan fingerprint density at radius 1 is 1.10 bits per heavy atom. The maximum atomic E-state index is 11.8. The van der Waals surface area contributed by atoms with E-state index in [4.69, 9.17) is 5.73 Å². The standard InChI is InChI=1S/C15H23N3O3/c1-10(2)14(20)17-7-8-18-15(21)13(16)9-11-3-5-12(19)6-4-11/h3-6,10,13,19H,7-9,16H2,1-2H3,(H,17,20)(H,18,21)/t13-/m1/s1. The summed E-state index contributed by atoms with van der Waals surface area (Å²) < 4.78 is 0. The van der Waals surface area contributed by atoms with Gasteiger partial charge in [0.1, 0.15) is 5.75 Å². The summed E-state index contributed by atoms with van der Waals surface area (Å²) in [5, 5.41) is 14.6. The van der Waals surface area contributed by atoms with Gasteiger partial charge >= 0.3 is 0 Å². The Morgan fingerprint density at radius 2 is 1.62 bits per heavy atom. The van der Waals surface area contributed by atoms with E-state index in [9.17, 15) is 14.7 Å². The first kappa shape index (κ1) is 17.0. The van der Waals surface area contributed by atoms with Crippen LogP contribution in [0.15, 0.2) is 24.3 Å². The van der Waals surface area contributed by atoms with Gasteiger partial charge in [-0.25, -0.2) is 0 Å². The topological polar surface area (TPSA) is 104 Å². The van der Waals surface area contributed by atoms with Gasteiger partial charge in [-0.3, -0.25) is 9.59 Å². The molecule has 116 valence electrons. The number of carbonyl (C=O) groups excluding carboxylic acids is 2. The first-order valence-corrected chi connectivity index (χ1v) is 6.99. The number of hydrogen-bond acceptors (Lipinski definition) is 4. The molecule has 1 aromatic rings. The molecule has 6 nitrogen and oxygen atoms in total. The van der Waals surface area contributed by atoms with E-state index in [1.165, 1.54) is 0 Å². The van der Waals surface area contributed by atoms with Gasteiger partial charge in [0.15, 0.2) is 0 Å². The zero-order chi connectivity index (χ0) is 15.8. The zero-order valence-electron chi connectivity index (χ0n) is 12.4. The molecular formula is C15H23N3O3. The van der Waals surface area contributed by atoms with E-state index < -0.39 is 6.04 Å². The summed E-state index contributed by atoms with van der Waals surface area (Å²) in [7, 11) is 0. The van der Waals surface area contributed by atoms with Gasteiger partial charge < -0.3 is 21.5 Å². The maximum Gasteiger partial charge on any atom is 0.237 e. The Morgan fingerprint density at radius 3 is 2.14 bits per heavy atom. The van der Waals surface area contributed by atoms with Crippen LogP contribution in [0.2, 0.25) is 0 Å². The number of nitrogens with one attached hydrogen (secondary N) is 2. The molecule has 1 aromatic carbocycles. The molecule has 0 bridgehead atoms. The van der Waals surface area contributed by atoms with Crippen LogP contribution in [0.5, 0.6) is 5.75 Å². The van der Waals surface area contributed by atoms with Crippen molar-refractivity contribution < 1.29 is 14.7 Å². The summed E-state index contributed by atoms with van der Waals surface area (Å²) in [6, 6.07) is 5.91. The predicted molar refractivity (Wildman–Crippen MR) is 80.6 cm³/mol. The average Bonchev–Trinajstić information content (AvgIpc) is 2.45. The Labute approximate surface area is 124 Å². The molecule has 1 rings (SSSR count). The Balaban J connectivity index is 2.28. The van der Waals surface area contributed by atoms with Crippen LogP contribution in [0, 0.1) is 5.92 Å². The third-order valence-corrected chi connectivity index (χ3v) is 2.98. The molecule has 0 unspecified atom stereocenters. The Kier molecular flexibility index (Phi) is 6.68. The van der Waals surface area contributed by atoms with E-state index in [2.05, 4.69) is 10.6 Å². The van der Waals surface area contributed by atoms with Crippen LogP contribution in [0.3, 0.4) is 0 Å². The highest BCUT2D eigenvalue weighted by molar-refractivity contribution is 5.82. The first-order chi connectivity index (χ1) is 9.90. The molecule has 0 fully saturated rings. The minimum absolute atomic E-state index is 0.0439. The lowest BCUT2D eigenvalue weighted by molar-refractivity contribution is -0.125. The van der Waals surface area contributed by atoms with Crippen LogP contribution in [-0.2, 0) is 16.0 Å². The summed E-state index contributed by atoms with van der Waals surface area (Å²) in [5.41, 5.74) is 6.69. The molecule has 2 amide bonds. The number of phenolic OH excluding ortho intramolecular Hbond substituents is 1. The predicted octanol–water partition coefficient (Wildman–Crippen LogP) is 0.150. The molecule has 1 atom stereocenters. The van der Waals surface area contributed by atoms with Crippen molar-refractivity contribution in [1.82, 2.24) is 10.6 Å². The highest BCUT2D eigenvalue weighted by Gasteiger charge is 2.13. The number of amides is 2. The molecule has 0 heterocycles. The largest absolute Gasteiger partial charge is 0.508 e. The van der Waals surface area contributed by atoms with Gasteiger partial charge in [-0.1, -0.05) is 26.0 Å². The molecule has 0 aliphatic rings. The molecule has 0 aliphatic carbocycles. The maximum absolute atomic E-state index is 11.8. The average molecular weight is 293 g/mol. The number of rotatable bonds is 7. The molecule has 6 heteroatoms. The summed E-state index contributed by atoms with van der Waals surface area (Å²) >= 11 is 0. The van der Waals surface area contributed by atoms with Crippen LogP contribution < -0.4 is 16.4 Å². The van der Waals surface area contributed by atoms with E-state index in [-0.39, 0.29) is 23.5 Å². The van der Waals surface area contributed by atoms with Crippen LogP contribution >= 0.6 is 0 Å². The summed E-state index contributed by atoms with van der Waals surface area (Å²) in [6.07, 6.45) is 0.393. The molecule has 0 saturated heterocycles. The number of nitrogens with two attached hydrogens (primary N) is 1. The van der Waals surface area contributed by atoms with Crippen molar-refractivity contribution in [2.45, 2.75) is 26.3 Å². The van der Waals surface area contributed by atoms with Crippen molar-refractivity contribution in [3.8, 4) is 5.75 Å². The van der Waals surface area contributed by atoms with Crippen molar-refractivity contribution in [1.29, 1.82) is 0 Å². The lowest BCUT2D eigenvalue weighted by Crippen LogP contribution is -2.44. The van der Waals surface area contributed by atoms with Gasteiger partial charge in [0.2, 0.25) is 11.8 Å². The van der Waals surface area contributed by atoms with Crippen LogP contribution in [0.1, 0.15) is 19.4 Å². The first-order valence-electron chi connectivity index (χ1n) is 6.99. The minimum atomic E-state index is -0.657. The minimum Gasteiger partial charge on any atom is -0.508 e. The fourth-order valence-corrected chi connectivity index (χ4v) is 1.69. The monoisotopic (exact) mass is 293 g/mol. The highest BCUT2D eigenvalue weighted by Crippen LogP contribution is 2.10. The van der Waals surface area contributed by atoms with Crippen molar-refractivity contribution in [2.75, 3.05) is 13.1 Å². The Bertz CT molecular complexity index is 472. The van der Waals surface area contributed by atoms with Crippen molar-refractivity contribution in [2.24, 2.45) is 11.7 Å². The zero-order valence-corrected chi connectivity index (χ0v) is 12.4. The fourth-order valence-electron chi connectivity index (χ4n) is 1.69. The number of benzene rings is 1. The molecule has 0 radical (unpaired) electrons. The van der Waals surface area contributed by atoms with E-state index in [0.717, 1.165) is 5.56 Å². The van der Waals surface area contributed by atoms with Crippen LogP contribution in [0.4, 0.5) is 0 Å². The Hall–Kier alpha value is -2.08. The molecule has 0 aliphatic heterocycles. The molecule has 0 saturated carbocycles. The number of carbonyl (C=O) groups is 2. The van der Waals surface area contributed by atoms with E-state index in [1.807, 2.05) is 13.8 Å². The quantitative estimate of drug-likeness (QED) is 0.537. The summed E-state index contributed by atoms with van der Waals surface area (Å²) in [6.45, 7) is 4.35. The molecule has 21 heavy (non-hydrogen) atoms. The van der Waals surface area contributed by atoms with Gasteiger partial charge in [0.05, 0.1) is 6.04 Å². The lowest BCUT2D eigenvalue weighted by atomic mass is 10.1. The summed E-state index contributed by atoms with van der Waals surface area (Å²) in [4.78, 5) is 23.1. The third kappa shape index (κ3) is 6.27. The highest BCUT2D eigenvalue weighted by atomic mass is 16.3. The van der Waals surface area contributed by atoms with E-state index in [0.29, 0.717) is 19.5 Å². The molecular weight excluding hydrogens is 270 g/mol. The van der Waals surface area contributed by atoms with Gasteiger partial charge in [-0.2, -0.15) is 0 Å². The van der Waals surface area contributed by atoms with Crippen molar-refractivity contribution in [3.05, 3.63) is 29.8 Å². The third-order valence-electron chi connectivity index (χ3n) is 2.98. The molecule has 0 aromatic heterocycles. The lowest BCUT2D eigenvalue weighted by Gasteiger charge is -2.13. The van der Waals surface area contributed by atoms with E-state index >= 15 is 0 Å². The van der Waals surface area contributed by atoms with Gasteiger partial charge in [-0.05, 0) is 24.1 Å². The molecule has 0 spiro atoms. The number of hydrogen-bond donors (Lipinski definition) is 4.